The maximum atomic E-state index is 14.2. The molecule has 0 saturated carbocycles. The maximum absolute atomic E-state index is 14.2. The van der Waals surface area contributed by atoms with E-state index in [0.29, 0.717) is 28.4 Å². The van der Waals surface area contributed by atoms with Crippen molar-refractivity contribution in [2.45, 2.75) is 39.9 Å². The van der Waals surface area contributed by atoms with Crippen LogP contribution in [0.15, 0.2) is 24.5 Å². The second-order valence-electron chi connectivity index (χ2n) is 7.83. The highest BCUT2D eigenvalue weighted by molar-refractivity contribution is 5.83. The molecule has 3 rings (SSSR count). The van der Waals surface area contributed by atoms with Gasteiger partial charge in [-0.2, -0.15) is 13.2 Å². The minimum Gasteiger partial charge on any atom is -0.361 e. The lowest BCUT2D eigenvalue weighted by molar-refractivity contribution is -0.140. The zero-order chi connectivity index (χ0) is 20.9. The second-order valence-corrected chi connectivity index (χ2v) is 7.83. The average Bonchev–Trinajstić information content (AvgIpc) is 2.91. The van der Waals surface area contributed by atoms with E-state index in [1.54, 1.807) is 24.9 Å². The Balaban J connectivity index is 2.08. The number of benzene rings is 1. The molecule has 28 heavy (non-hydrogen) atoms. The van der Waals surface area contributed by atoms with Crippen molar-refractivity contribution in [2.24, 2.45) is 12.5 Å². The van der Waals surface area contributed by atoms with Gasteiger partial charge in [-0.1, -0.05) is 26.8 Å². The molecular formula is C19H21F4N5. The molecule has 0 aliphatic rings. The minimum absolute atomic E-state index is 0.387. The number of anilines is 1. The fraction of sp³-hybridized carbons (Fsp3) is 0.421. The summed E-state index contributed by atoms with van der Waals surface area (Å²) in [5.74, 6) is -0.337. The molecule has 0 unspecified atom stereocenters. The number of imidazole rings is 1. The highest BCUT2D eigenvalue weighted by Gasteiger charge is 2.35. The van der Waals surface area contributed by atoms with Crippen molar-refractivity contribution in [1.29, 1.82) is 0 Å². The van der Waals surface area contributed by atoms with E-state index in [9.17, 15) is 17.6 Å². The summed E-state index contributed by atoms with van der Waals surface area (Å²) in [5, 5.41) is 3.24. The molecule has 5 nitrogen and oxygen atoms in total. The van der Waals surface area contributed by atoms with Crippen LogP contribution in [0, 0.1) is 18.2 Å². The minimum atomic E-state index is -4.74. The molecule has 3 aromatic rings. The number of alkyl halides is 3. The fourth-order valence-corrected chi connectivity index (χ4v) is 3.09. The van der Waals surface area contributed by atoms with Crippen LogP contribution in [0.5, 0.6) is 0 Å². The molecule has 0 aliphatic carbocycles. The molecule has 9 heteroatoms. The third-order valence-electron chi connectivity index (χ3n) is 4.45. The number of hydrogen-bond acceptors (Lipinski definition) is 4. The molecule has 1 aromatic carbocycles. The first kappa shape index (κ1) is 20.0. The molecule has 1 N–H and O–H groups in total. The van der Waals surface area contributed by atoms with Crippen molar-refractivity contribution in [3.8, 4) is 0 Å². The van der Waals surface area contributed by atoms with Gasteiger partial charge in [0.2, 0.25) is 0 Å². The van der Waals surface area contributed by atoms with E-state index in [1.165, 1.54) is 6.07 Å². The Morgan fingerprint density at radius 2 is 1.79 bits per heavy atom. The summed E-state index contributed by atoms with van der Waals surface area (Å²) < 4.78 is 54.6. The van der Waals surface area contributed by atoms with E-state index in [-0.39, 0.29) is 0 Å². The predicted octanol–water partition coefficient (Wildman–Crippen LogP) is 5.03. The first-order valence-corrected chi connectivity index (χ1v) is 8.67. The lowest BCUT2D eigenvalue weighted by Gasteiger charge is -2.32. The van der Waals surface area contributed by atoms with E-state index in [0.717, 1.165) is 12.1 Å². The molecule has 0 radical (unpaired) electrons. The van der Waals surface area contributed by atoms with E-state index >= 15 is 0 Å². The highest BCUT2D eigenvalue weighted by Crippen LogP contribution is 2.39. The van der Waals surface area contributed by atoms with Gasteiger partial charge in [0.05, 0.1) is 17.9 Å². The number of aromatic nitrogens is 4. The first-order valence-electron chi connectivity index (χ1n) is 8.67. The topological polar surface area (TPSA) is 55.6 Å². The van der Waals surface area contributed by atoms with Crippen LogP contribution >= 0.6 is 0 Å². The van der Waals surface area contributed by atoms with Gasteiger partial charge >= 0.3 is 6.18 Å². The smallest absolute Gasteiger partial charge is 0.361 e. The van der Waals surface area contributed by atoms with Gasteiger partial charge < -0.3 is 9.88 Å². The van der Waals surface area contributed by atoms with Crippen molar-refractivity contribution >= 4 is 17.0 Å². The van der Waals surface area contributed by atoms with Gasteiger partial charge in [-0.05, 0) is 30.0 Å². The summed E-state index contributed by atoms with van der Waals surface area (Å²) in [4.78, 5) is 13.1. The highest BCUT2D eigenvalue weighted by atomic mass is 19.4. The molecule has 0 fully saturated rings. The zero-order valence-electron chi connectivity index (χ0n) is 16.2. The lowest BCUT2D eigenvalue weighted by atomic mass is 9.82. The van der Waals surface area contributed by atoms with Crippen LogP contribution in [0.2, 0.25) is 0 Å². The summed E-state index contributed by atoms with van der Waals surface area (Å²) in [6.07, 6.45) is -3.13. The quantitative estimate of drug-likeness (QED) is 0.632. The summed E-state index contributed by atoms with van der Waals surface area (Å²) >= 11 is 0. The molecule has 0 bridgehead atoms. The zero-order valence-corrected chi connectivity index (χ0v) is 16.2. The molecular weight excluding hydrogens is 374 g/mol. The van der Waals surface area contributed by atoms with Gasteiger partial charge in [-0.15, -0.1) is 0 Å². The van der Waals surface area contributed by atoms with Crippen LogP contribution in [0.3, 0.4) is 0 Å². The van der Waals surface area contributed by atoms with Crippen LogP contribution in [0.4, 0.5) is 23.4 Å². The predicted molar refractivity (Wildman–Crippen MR) is 98.3 cm³/mol. The Morgan fingerprint density at radius 1 is 1.11 bits per heavy atom. The van der Waals surface area contributed by atoms with Gasteiger partial charge in [0.1, 0.15) is 17.2 Å². The van der Waals surface area contributed by atoms with Crippen LogP contribution in [-0.4, -0.2) is 19.5 Å². The van der Waals surface area contributed by atoms with Crippen LogP contribution in [0.25, 0.3) is 11.2 Å². The fourth-order valence-electron chi connectivity index (χ4n) is 3.09. The van der Waals surface area contributed by atoms with E-state index in [1.807, 2.05) is 20.8 Å². The Bertz CT molecular complexity index is 1020. The number of hydrogen-bond donors (Lipinski definition) is 1. The SMILES string of the molecule is Cc1nc(N[C@H](c2ccc(C(F)(F)F)c(F)c2)C(C)(C)C)c2ncn(C)c2n1. The first-order chi connectivity index (χ1) is 12.9. The van der Waals surface area contributed by atoms with E-state index in [2.05, 4.69) is 20.3 Å². The summed E-state index contributed by atoms with van der Waals surface area (Å²) in [6, 6.07) is 2.48. The number of rotatable bonds is 3. The van der Waals surface area contributed by atoms with Crippen molar-refractivity contribution in [3.63, 3.8) is 0 Å². The summed E-state index contributed by atoms with van der Waals surface area (Å²) in [7, 11) is 1.80. The number of aryl methyl sites for hydroxylation is 2. The van der Waals surface area contributed by atoms with Gasteiger partial charge in [0.15, 0.2) is 11.5 Å². The average molecular weight is 395 g/mol. The molecule has 0 saturated heterocycles. The Morgan fingerprint density at radius 3 is 2.36 bits per heavy atom. The monoisotopic (exact) mass is 395 g/mol. The van der Waals surface area contributed by atoms with Gasteiger partial charge in [-0.25, -0.2) is 19.3 Å². The number of nitrogens with zero attached hydrogens (tertiary/aromatic N) is 4. The lowest BCUT2D eigenvalue weighted by Crippen LogP contribution is -2.27. The number of halogens is 4. The third-order valence-corrected chi connectivity index (χ3v) is 4.45. The normalized spacial score (nSPS) is 13.8. The molecule has 2 aromatic heterocycles. The molecule has 2 heterocycles. The van der Waals surface area contributed by atoms with Crippen LogP contribution in [-0.2, 0) is 13.2 Å². The summed E-state index contributed by atoms with van der Waals surface area (Å²) in [6.45, 7) is 7.46. The Kier molecular flexibility index (Phi) is 4.81. The van der Waals surface area contributed by atoms with Gasteiger partial charge in [0.25, 0.3) is 0 Å². The van der Waals surface area contributed by atoms with E-state index < -0.39 is 29.0 Å². The Hall–Kier alpha value is -2.71. The van der Waals surface area contributed by atoms with Crippen molar-refractivity contribution in [1.82, 2.24) is 19.5 Å². The number of fused-ring (bicyclic) bond motifs is 1. The van der Waals surface area contributed by atoms with Crippen LogP contribution in [0.1, 0.15) is 43.8 Å². The van der Waals surface area contributed by atoms with Crippen molar-refractivity contribution < 1.29 is 17.6 Å². The van der Waals surface area contributed by atoms with Crippen molar-refractivity contribution in [2.75, 3.05) is 5.32 Å². The molecule has 0 amide bonds. The van der Waals surface area contributed by atoms with Crippen LogP contribution < -0.4 is 5.32 Å². The largest absolute Gasteiger partial charge is 0.419 e. The maximum Gasteiger partial charge on any atom is 0.419 e. The standard InChI is InChI=1S/C19H21F4N5/c1-10-25-16(14-17(26-10)28(5)9-24-14)27-15(18(2,3)4)11-6-7-12(13(20)8-11)19(21,22)23/h6-9,15H,1-5H3,(H,25,26,27)/t15-/m1/s1. The van der Waals surface area contributed by atoms with Crippen molar-refractivity contribution in [3.05, 3.63) is 47.3 Å². The van der Waals surface area contributed by atoms with E-state index in [4.69, 9.17) is 0 Å². The summed E-state index contributed by atoms with van der Waals surface area (Å²) in [5.41, 5.74) is -0.185. The molecule has 0 spiro atoms. The van der Waals surface area contributed by atoms with Gasteiger partial charge in [-0.3, -0.25) is 0 Å². The second kappa shape index (κ2) is 6.72. The molecule has 0 aliphatic heterocycles. The Labute approximate surface area is 159 Å². The molecule has 1 atom stereocenters. The van der Waals surface area contributed by atoms with Gasteiger partial charge in [0, 0.05) is 7.05 Å². The third kappa shape index (κ3) is 3.79. The molecule has 150 valence electrons. The number of nitrogens with one attached hydrogen (secondary N) is 1.